The number of aromatic nitrogens is 5. The lowest BCUT2D eigenvalue weighted by Crippen LogP contribution is -1.99. The molecule has 90 valence electrons. The summed E-state index contributed by atoms with van der Waals surface area (Å²) < 4.78 is 1.77. The summed E-state index contributed by atoms with van der Waals surface area (Å²) in [6, 6.07) is 9.87. The number of nitrogens with zero attached hydrogens (tertiary/aromatic N) is 5. The van der Waals surface area contributed by atoms with Crippen LogP contribution < -0.4 is 0 Å². The van der Waals surface area contributed by atoms with Gasteiger partial charge in [0.15, 0.2) is 0 Å². The second-order valence-corrected chi connectivity index (χ2v) is 4.58. The maximum Gasteiger partial charge on any atom is 0.209 e. The van der Waals surface area contributed by atoms with Crippen LogP contribution in [0.3, 0.4) is 0 Å². The first-order chi connectivity index (χ1) is 8.79. The van der Waals surface area contributed by atoms with Crippen LogP contribution in [0, 0.1) is 6.92 Å². The number of hydrogen-bond donors (Lipinski definition) is 0. The molecular weight excluding hydrogens is 246 g/mol. The predicted octanol–water partition coefficient (Wildman–Crippen LogP) is 2.24. The van der Waals surface area contributed by atoms with E-state index in [1.165, 1.54) is 11.8 Å². The molecule has 2 heterocycles. The molecule has 0 amide bonds. The van der Waals surface area contributed by atoms with E-state index in [2.05, 4.69) is 20.3 Å². The Balaban J connectivity index is 2.26. The van der Waals surface area contributed by atoms with Crippen LogP contribution >= 0.6 is 11.8 Å². The summed E-state index contributed by atoms with van der Waals surface area (Å²) in [7, 11) is 0. The first-order valence-electron chi connectivity index (χ1n) is 5.49. The highest BCUT2D eigenvalue weighted by atomic mass is 32.2. The fraction of sp³-hybridized carbons (Fsp3) is 0.167. The highest BCUT2D eigenvalue weighted by molar-refractivity contribution is 7.98. The first kappa shape index (κ1) is 11.2. The van der Waals surface area contributed by atoms with E-state index in [0.717, 1.165) is 16.9 Å². The van der Waals surface area contributed by atoms with E-state index in [1.54, 1.807) is 4.68 Å². The Bertz CT molecular complexity index is 692. The van der Waals surface area contributed by atoms with E-state index in [4.69, 9.17) is 0 Å². The molecule has 0 fully saturated rings. The average Bonchev–Trinajstić information content (AvgIpc) is 2.77. The third kappa shape index (κ3) is 1.74. The van der Waals surface area contributed by atoms with Gasteiger partial charge in [0.2, 0.25) is 10.8 Å². The average molecular weight is 257 g/mol. The SMILES string of the molecule is CSc1nnc2c(n1)c(C)nn2-c1ccccc1. The van der Waals surface area contributed by atoms with Crippen molar-refractivity contribution in [3.63, 3.8) is 0 Å². The molecule has 1 aromatic carbocycles. The number of hydrogen-bond acceptors (Lipinski definition) is 5. The lowest BCUT2D eigenvalue weighted by atomic mass is 10.3. The molecule has 3 aromatic rings. The highest BCUT2D eigenvalue weighted by Gasteiger charge is 2.12. The van der Waals surface area contributed by atoms with Crippen LogP contribution in [0.4, 0.5) is 0 Å². The monoisotopic (exact) mass is 257 g/mol. The molecule has 0 unspecified atom stereocenters. The van der Waals surface area contributed by atoms with Gasteiger partial charge in [-0.15, -0.1) is 10.2 Å². The van der Waals surface area contributed by atoms with Gasteiger partial charge >= 0.3 is 0 Å². The lowest BCUT2D eigenvalue weighted by molar-refractivity contribution is 0.833. The zero-order valence-electron chi connectivity index (χ0n) is 10.0. The second-order valence-electron chi connectivity index (χ2n) is 3.80. The molecule has 0 atom stereocenters. The number of benzene rings is 1. The van der Waals surface area contributed by atoms with Crippen molar-refractivity contribution in [2.75, 3.05) is 6.26 Å². The van der Waals surface area contributed by atoms with Gasteiger partial charge in [-0.3, -0.25) is 0 Å². The Labute approximate surface area is 108 Å². The summed E-state index contributed by atoms with van der Waals surface area (Å²) in [6.07, 6.45) is 1.93. The van der Waals surface area contributed by atoms with Crippen LogP contribution in [0.5, 0.6) is 0 Å². The lowest BCUT2D eigenvalue weighted by Gasteiger charge is -2.01. The predicted molar refractivity (Wildman–Crippen MR) is 71.0 cm³/mol. The zero-order chi connectivity index (χ0) is 12.5. The molecule has 0 N–H and O–H groups in total. The van der Waals surface area contributed by atoms with Crippen LogP contribution in [0.15, 0.2) is 35.5 Å². The number of aryl methyl sites for hydroxylation is 1. The summed E-state index contributed by atoms with van der Waals surface area (Å²) >= 11 is 1.48. The molecular formula is C12H11N5S. The summed E-state index contributed by atoms with van der Waals surface area (Å²) in [6.45, 7) is 1.93. The molecule has 0 spiro atoms. The van der Waals surface area contributed by atoms with E-state index >= 15 is 0 Å². The third-order valence-corrected chi connectivity index (χ3v) is 3.16. The van der Waals surface area contributed by atoms with Crippen molar-refractivity contribution in [1.82, 2.24) is 25.0 Å². The van der Waals surface area contributed by atoms with Crippen LogP contribution in [-0.4, -0.2) is 31.2 Å². The van der Waals surface area contributed by atoms with Gasteiger partial charge in [-0.05, 0) is 25.3 Å². The number of fused-ring (bicyclic) bond motifs is 1. The standard InChI is InChI=1S/C12H11N5S/c1-8-10-11(14-15-12(13-10)18-2)17(16-8)9-6-4-3-5-7-9/h3-7H,1-2H3. The minimum atomic E-state index is 0.665. The Morgan fingerprint density at radius 1 is 1.11 bits per heavy atom. The summed E-state index contributed by atoms with van der Waals surface area (Å²) in [4.78, 5) is 4.45. The fourth-order valence-corrected chi connectivity index (χ4v) is 2.08. The number of thioether (sulfide) groups is 1. The van der Waals surface area contributed by atoms with Crippen LogP contribution in [-0.2, 0) is 0 Å². The largest absolute Gasteiger partial charge is 0.216 e. The van der Waals surface area contributed by atoms with E-state index < -0.39 is 0 Å². The van der Waals surface area contributed by atoms with Gasteiger partial charge in [-0.25, -0.2) is 9.67 Å². The summed E-state index contributed by atoms with van der Waals surface area (Å²) in [5.74, 6) is 0. The quantitative estimate of drug-likeness (QED) is 0.659. The van der Waals surface area contributed by atoms with E-state index in [9.17, 15) is 0 Å². The van der Waals surface area contributed by atoms with Crippen molar-refractivity contribution in [3.05, 3.63) is 36.0 Å². The molecule has 0 aliphatic carbocycles. The van der Waals surface area contributed by atoms with Crippen LogP contribution in [0.1, 0.15) is 5.69 Å². The first-order valence-corrected chi connectivity index (χ1v) is 6.71. The molecule has 0 bridgehead atoms. The third-order valence-electron chi connectivity index (χ3n) is 2.63. The van der Waals surface area contributed by atoms with Gasteiger partial charge in [0.1, 0.15) is 5.52 Å². The Kier molecular flexibility index (Phi) is 2.71. The van der Waals surface area contributed by atoms with Crippen LogP contribution in [0.25, 0.3) is 16.9 Å². The molecule has 6 heteroatoms. The van der Waals surface area contributed by atoms with Gasteiger partial charge in [0, 0.05) is 0 Å². The van der Waals surface area contributed by atoms with Gasteiger partial charge in [-0.1, -0.05) is 30.0 Å². The van der Waals surface area contributed by atoms with Gasteiger partial charge in [0.05, 0.1) is 11.4 Å². The summed E-state index contributed by atoms with van der Waals surface area (Å²) in [5.41, 5.74) is 3.32. The van der Waals surface area contributed by atoms with Crippen LogP contribution in [0.2, 0.25) is 0 Å². The van der Waals surface area contributed by atoms with Crippen molar-refractivity contribution in [2.24, 2.45) is 0 Å². The minimum Gasteiger partial charge on any atom is -0.216 e. The molecule has 18 heavy (non-hydrogen) atoms. The fourth-order valence-electron chi connectivity index (χ4n) is 1.77. The minimum absolute atomic E-state index is 0.665. The van der Waals surface area contributed by atoms with Gasteiger partial charge < -0.3 is 0 Å². The molecule has 0 saturated heterocycles. The van der Waals surface area contributed by atoms with E-state index in [1.807, 2.05) is 43.5 Å². The van der Waals surface area contributed by atoms with E-state index in [0.29, 0.717) is 10.8 Å². The summed E-state index contributed by atoms with van der Waals surface area (Å²) in [5, 5.41) is 13.4. The topological polar surface area (TPSA) is 56.5 Å². The van der Waals surface area contributed by atoms with Crippen molar-refractivity contribution in [1.29, 1.82) is 0 Å². The second kappa shape index (κ2) is 4.38. The normalized spacial score (nSPS) is 11.0. The Morgan fingerprint density at radius 2 is 1.89 bits per heavy atom. The molecule has 0 saturated carbocycles. The smallest absolute Gasteiger partial charge is 0.209 e. The van der Waals surface area contributed by atoms with Crippen molar-refractivity contribution in [3.8, 4) is 5.69 Å². The Hall–Kier alpha value is -1.95. The molecule has 0 aliphatic rings. The maximum absolute atomic E-state index is 4.48. The molecule has 5 nitrogen and oxygen atoms in total. The molecule has 0 radical (unpaired) electrons. The highest BCUT2D eigenvalue weighted by Crippen LogP contribution is 2.19. The molecule has 0 aliphatic heterocycles. The van der Waals surface area contributed by atoms with Gasteiger partial charge in [-0.2, -0.15) is 5.10 Å². The maximum atomic E-state index is 4.48. The number of para-hydroxylation sites is 1. The molecule has 3 rings (SSSR count). The Morgan fingerprint density at radius 3 is 2.61 bits per heavy atom. The van der Waals surface area contributed by atoms with Crippen molar-refractivity contribution < 1.29 is 0 Å². The molecule has 2 aromatic heterocycles. The van der Waals surface area contributed by atoms with Crippen molar-refractivity contribution >= 4 is 22.9 Å². The van der Waals surface area contributed by atoms with Gasteiger partial charge in [0.25, 0.3) is 0 Å². The number of rotatable bonds is 2. The van der Waals surface area contributed by atoms with E-state index in [-0.39, 0.29) is 0 Å². The zero-order valence-corrected chi connectivity index (χ0v) is 10.8. The van der Waals surface area contributed by atoms with Crippen molar-refractivity contribution in [2.45, 2.75) is 12.1 Å².